The smallest absolute Gasteiger partial charge is 0.221 e. The number of benzene rings is 1. The highest BCUT2D eigenvalue weighted by molar-refractivity contribution is 7.88. The van der Waals surface area contributed by atoms with E-state index in [1.165, 1.54) is 10.4 Å². The third-order valence-corrected chi connectivity index (χ3v) is 5.56. The molecule has 1 aliphatic rings. The van der Waals surface area contributed by atoms with Crippen molar-refractivity contribution < 1.29 is 22.3 Å². The van der Waals surface area contributed by atoms with Crippen LogP contribution in [0.25, 0.3) is 0 Å². The van der Waals surface area contributed by atoms with Gasteiger partial charge in [0, 0.05) is 51.3 Å². The molecule has 0 aromatic heterocycles. The molecule has 1 aromatic rings. The lowest BCUT2D eigenvalue weighted by Crippen LogP contribution is -2.43. The Labute approximate surface area is 154 Å². The second kappa shape index (κ2) is 9.96. The number of hydrogen-bond donors (Lipinski definition) is 1. The molecule has 1 saturated heterocycles. The molecular weight excluding hydrogens is 361 g/mol. The topological polar surface area (TPSA) is 79.0 Å². The fourth-order valence-electron chi connectivity index (χ4n) is 2.67. The zero-order chi connectivity index (χ0) is 19.0. The molecule has 0 aliphatic carbocycles. The van der Waals surface area contributed by atoms with E-state index in [0.29, 0.717) is 31.9 Å². The monoisotopic (exact) mass is 387 g/mol. The Balaban J connectivity index is 1.78. The molecule has 9 heteroatoms. The number of nitrogens with zero attached hydrogens (tertiary/aromatic N) is 2. The first kappa shape index (κ1) is 20.8. The van der Waals surface area contributed by atoms with Crippen LogP contribution in [-0.4, -0.2) is 75.7 Å². The summed E-state index contributed by atoms with van der Waals surface area (Å²) in [5, 5.41) is 2.62. The number of rotatable bonds is 9. The quantitative estimate of drug-likeness (QED) is 0.665. The molecule has 0 unspecified atom stereocenters. The number of ether oxygens (including phenoxy) is 1. The van der Waals surface area contributed by atoms with Gasteiger partial charge in [-0.2, -0.15) is 0 Å². The van der Waals surface area contributed by atoms with Gasteiger partial charge in [-0.15, -0.1) is 0 Å². The van der Waals surface area contributed by atoms with E-state index in [4.69, 9.17) is 4.74 Å². The lowest BCUT2D eigenvalue weighted by molar-refractivity contribution is -0.121. The normalized spacial score (nSPS) is 16.0. The summed E-state index contributed by atoms with van der Waals surface area (Å²) in [4.78, 5) is 14.1. The predicted molar refractivity (Wildman–Crippen MR) is 96.5 cm³/mol. The maximum atomic E-state index is 13.5. The van der Waals surface area contributed by atoms with Gasteiger partial charge in [0.1, 0.15) is 5.82 Å². The van der Waals surface area contributed by atoms with Gasteiger partial charge in [-0.1, -0.05) is 18.2 Å². The molecule has 0 spiro atoms. The summed E-state index contributed by atoms with van der Waals surface area (Å²) in [5.41, 5.74) is 0.396. The van der Waals surface area contributed by atoms with Crippen molar-refractivity contribution in [2.45, 2.75) is 13.0 Å². The molecule has 1 heterocycles. The van der Waals surface area contributed by atoms with E-state index < -0.39 is 10.0 Å². The molecule has 146 valence electrons. The summed E-state index contributed by atoms with van der Waals surface area (Å²) in [6.07, 6.45) is 1.17. The van der Waals surface area contributed by atoms with Gasteiger partial charge >= 0.3 is 0 Å². The van der Waals surface area contributed by atoms with E-state index >= 15 is 0 Å². The van der Waals surface area contributed by atoms with Gasteiger partial charge in [0.2, 0.25) is 15.9 Å². The second-order valence-electron chi connectivity index (χ2n) is 6.23. The Morgan fingerprint density at radius 2 is 1.96 bits per heavy atom. The van der Waals surface area contributed by atoms with Crippen LogP contribution in [0.3, 0.4) is 0 Å². The van der Waals surface area contributed by atoms with Gasteiger partial charge in [-0.25, -0.2) is 17.1 Å². The Bertz CT molecular complexity index is 693. The molecule has 1 aromatic carbocycles. The van der Waals surface area contributed by atoms with Crippen molar-refractivity contribution in [2.75, 3.05) is 52.2 Å². The molecular formula is C17H26FN3O4S. The molecule has 1 fully saturated rings. The average Bonchev–Trinajstić information content (AvgIpc) is 2.60. The Morgan fingerprint density at radius 1 is 1.27 bits per heavy atom. The van der Waals surface area contributed by atoms with Crippen LogP contribution in [0.2, 0.25) is 0 Å². The van der Waals surface area contributed by atoms with Crippen molar-refractivity contribution >= 4 is 15.9 Å². The van der Waals surface area contributed by atoms with Crippen molar-refractivity contribution in [3.63, 3.8) is 0 Å². The minimum atomic E-state index is -3.40. The fraction of sp³-hybridized carbons (Fsp3) is 0.588. The number of amides is 1. The highest BCUT2D eigenvalue weighted by Crippen LogP contribution is 2.06. The molecule has 0 radical (unpaired) electrons. The number of carbonyl (C=O) groups is 1. The van der Waals surface area contributed by atoms with Gasteiger partial charge in [-0.3, -0.25) is 9.69 Å². The van der Waals surface area contributed by atoms with Crippen molar-refractivity contribution in [3.8, 4) is 0 Å². The third-order valence-electron chi connectivity index (χ3n) is 4.26. The van der Waals surface area contributed by atoms with Crippen molar-refractivity contribution in [3.05, 3.63) is 35.6 Å². The SMILES string of the molecule is CS(=O)(=O)N(CCC(=O)NCc1ccccc1F)CCN1CCOCC1. The van der Waals surface area contributed by atoms with Gasteiger partial charge in [0.25, 0.3) is 0 Å². The molecule has 1 aliphatic heterocycles. The van der Waals surface area contributed by atoms with Gasteiger partial charge < -0.3 is 10.1 Å². The second-order valence-corrected chi connectivity index (χ2v) is 8.22. The number of hydrogen-bond acceptors (Lipinski definition) is 5. The number of halogens is 1. The maximum absolute atomic E-state index is 13.5. The minimum absolute atomic E-state index is 0.0324. The first-order chi connectivity index (χ1) is 12.4. The summed E-state index contributed by atoms with van der Waals surface area (Å²) in [7, 11) is -3.40. The Hall–Kier alpha value is -1.55. The summed E-state index contributed by atoms with van der Waals surface area (Å²) in [5.74, 6) is -0.690. The van der Waals surface area contributed by atoms with Crippen LogP contribution in [0, 0.1) is 5.82 Å². The van der Waals surface area contributed by atoms with Gasteiger partial charge in [0.05, 0.1) is 19.5 Å². The standard InChI is InChI=1S/C17H26FN3O4S/c1-26(23,24)21(9-8-20-10-12-25-13-11-20)7-6-17(22)19-14-15-4-2-3-5-16(15)18/h2-5H,6-14H2,1H3,(H,19,22). The summed E-state index contributed by atoms with van der Waals surface area (Å²) in [6.45, 7) is 3.98. The number of carbonyl (C=O) groups excluding carboxylic acids is 1. The lowest BCUT2D eigenvalue weighted by atomic mass is 10.2. The van der Waals surface area contributed by atoms with E-state index in [1.807, 2.05) is 0 Å². The first-order valence-corrected chi connectivity index (χ1v) is 10.5. The lowest BCUT2D eigenvalue weighted by Gasteiger charge is -2.29. The zero-order valence-electron chi connectivity index (χ0n) is 15.0. The van der Waals surface area contributed by atoms with Crippen LogP contribution in [0.4, 0.5) is 4.39 Å². The van der Waals surface area contributed by atoms with Crippen LogP contribution < -0.4 is 5.32 Å². The van der Waals surface area contributed by atoms with E-state index in [-0.39, 0.29) is 31.2 Å². The van der Waals surface area contributed by atoms with Crippen LogP contribution in [0.5, 0.6) is 0 Å². The number of sulfonamides is 1. The summed E-state index contributed by atoms with van der Waals surface area (Å²) in [6, 6.07) is 6.21. The predicted octanol–water partition coefficient (Wildman–Crippen LogP) is 0.426. The van der Waals surface area contributed by atoms with Crippen molar-refractivity contribution in [1.29, 1.82) is 0 Å². The summed E-state index contributed by atoms with van der Waals surface area (Å²) < 4.78 is 44.0. The molecule has 7 nitrogen and oxygen atoms in total. The minimum Gasteiger partial charge on any atom is -0.379 e. The van der Waals surface area contributed by atoms with E-state index in [1.54, 1.807) is 18.2 Å². The highest BCUT2D eigenvalue weighted by atomic mass is 32.2. The van der Waals surface area contributed by atoms with Crippen molar-refractivity contribution in [2.24, 2.45) is 0 Å². The highest BCUT2D eigenvalue weighted by Gasteiger charge is 2.20. The number of morpholine rings is 1. The average molecular weight is 387 g/mol. The van der Waals surface area contributed by atoms with Gasteiger partial charge in [-0.05, 0) is 6.07 Å². The van der Waals surface area contributed by atoms with E-state index in [2.05, 4.69) is 10.2 Å². The van der Waals surface area contributed by atoms with Crippen LogP contribution in [0.15, 0.2) is 24.3 Å². The molecule has 1 N–H and O–H groups in total. The first-order valence-electron chi connectivity index (χ1n) is 8.61. The Morgan fingerprint density at radius 3 is 2.62 bits per heavy atom. The van der Waals surface area contributed by atoms with E-state index in [0.717, 1.165) is 19.3 Å². The van der Waals surface area contributed by atoms with Crippen LogP contribution >= 0.6 is 0 Å². The van der Waals surface area contributed by atoms with Crippen LogP contribution in [0.1, 0.15) is 12.0 Å². The maximum Gasteiger partial charge on any atom is 0.221 e. The van der Waals surface area contributed by atoms with Crippen LogP contribution in [-0.2, 0) is 26.1 Å². The largest absolute Gasteiger partial charge is 0.379 e. The molecule has 26 heavy (non-hydrogen) atoms. The molecule has 0 saturated carbocycles. The van der Waals surface area contributed by atoms with Crippen molar-refractivity contribution in [1.82, 2.24) is 14.5 Å². The van der Waals surface area contributed by atoms with Gasteiger partial charge in [0.15, 0.2) is 0 Å². The Kier molecular flexibility index (Phi) is 7.95. The zero-order valence-corrected chi connectivity index (χ0v) is 15.8. The molecule has 1 amide bonds. The summed E-state index contributed by atoms with van der Waals surface area (Å²) >= 11 is 0. The molecule has 0 atom stereocenters. The third kappa shape index (κ3) is 6.99. The number of nitrogens with one attached hydrogen (secondary N) is 1. The molecule has 2 rings (SSSR count). The molecule has 0 bridgehead atoms. The van der Waals surface area contributed by atoms with E-state index in [9.17, 15) is 17.6 Å². The fourth-order valence-corrected chi connectivity index (χ4v) is 3.51.